The summed E-state index contributed by atoms with van der Waals surface area (Å²) in [6.45, 7) is 4.02. The first kappa shape index (κ1) is 14.2. The Bertz CT molecular complexity index is 589. The van der Waals surface area contributed by atoms with E-state index in [2.05, 4.69) is 10.4 Å². The molecule has 0 fully saturated rings. The number of benzene rings is 1. The zero-order chi connectivity index (χ0) is 14.7. The van der Waals surface area contributed by atoms with Crippen molar-refractivity contribution < 1.29 is 9.18 Å². The maximum atomic E-state index is 13.0. The number of aryl methyl sites for hydroxylation is 1. The van der Waals surface area contributed by atoms with Crippen LogP contribution in [0.3, 0.4) is 0 Å². The summed E-state index contributed by atoms with van der Waals surface area (Å²) in [6, 6.07) is 6.04. The number of rotatable bonds is 4. The number of aromatic nitrogens is 2. The van der Waals surface area contributed by atoms with Gasteiger partial charge in [0, 0.05) is 13.2 Å². The fourth-order valence-corrected chi connectivity index (χ4v) is 2.07. The van der Waals surface area contributed by atoms with E-state index in [-0.39, 0.29) is 23.7 Å². The van der Waals surface area contributed by atoms with Crippen LogP contribution in [-0.2, 0) is 7.05 Å². The Hall–Kier alpha value is -2.17. The molecule has 1 heterocycles. The van der Waals surface area contributed by atoms with Gasteiger partial charge in [-0.2, -0.15) is 5.10 Å². The molecule has 1 amide bonds. The molecule has 0 spiro atoms. The normalized spacial score (nSPS) is 12.4. The van der Waals surface area contributed by atoms with Gasteiger partial charge in [-0.3, -0.25) is 9.48 Å². The van der Waals surface area contributed by atoms with Crippen molar-refractivity contribution >= 4 is 5.91 Å². The number of nitrogens with zero attached hydrogens (tertiary/aromatic N) is 2. The molecule has 2 rings (SSSR count). The van der Waals surface area contributed by atoms with E-state index >= 15 is 0 Å². The molecule has 0 aliphatic rings. The second kappa shape index (κ2) is 5.86. The molecule has 1 aromatic heterocycles. The third-order valence-electron chi connectivity index (χ3n) is 3.15. The van der Waals surface area contributed by atoms with Crippen LogP contribution in [-0.4, -0.2) is 15.7 Å². The van der Waals surface area contributed by atoms with E-state index < -0.39 is 0 Å². The number of nitrogens with one attached hydrogen (secondary N) is 1. The second-order valence-corrected chi connectivity index (χ2v) is 5.15. The summed E-state index contributed by atoms with van der Waals surface area (Å²) >= 11 is 0. The van der Waals surface area contributed by atoms with E-state index in [0.717, 1.165) is 5.56 Å². The van der Waals surface area contributed by atoms with Crippen molar-refractivity contribution in [1.82, 2.24) is 15.1 Å². The van der Waals surface area contributed by atoms with Gasteiger partial charge in [0.15, 0.2) is 0 Å². The van der Waals surface area contributed by atoms with Gasteiger partial charge in [0.2, 0.25) is 0 Å². The summed E-state index contributed by atoms with van der Waals surface area (Å²) in [6.07, 6.45) is 3.19. The SMILES string of the molecule is CC(C)C(NC(=O)c1cnn(C)c1)c1ccc(F)cc1. The lowest BCUT2D eigenvalue weighted by molar-refractivity contribution is 0.0925. The third kappa shape index (κ3) is 3.23. The van der Waals surface area contributed by atoms with Crippen molar-refractivity contribution in [2.45, 2.75) is 19.9 Å². The van der Waals surface area contributed by atoms with Crippen LogP contribution < -0.4 is 5.32 Å². The van der Waals surface area contributed by atoms with Crippen molar-refractivity contribution in [2.75, 3.05) is 0 Å². The van der Waals surface area contributed by atoms with E-state index in [1.54, 1.807) is 30.1 Å². The van der Waals surface area contributed by atoms with Gasteiger partial charge in [-0.1, -0.05) is 26.0 Å². The summed E-state index contributed by atoms with van der Waals surface area (Å²) in [5.74, 6) is -0.267. The van der Waals surface area contributed by atoms with Gasteiger partial charge in [0.25, 0.3) is 5.91 Å². The minimum atomic E-state index is -0.283. The molecule has 1 unspecified atom stereocenters. The molecule has 1 atom stereocenters. The first-order chi connectivity index (χ1) is 9.47. The lowest BCUT2D eigenvalue weighted by atomic mass is 9.96. The summed E-state index contributed by atoms with van der Waals surface area (Å²) < 4.78 is 14.6. The maximum absolute atomic E-state index is 13.0. The number of hydrogen-bond donors (Lipinski definition) is 1. The molecule has 106 valence electrons. The highest BCUT2D eigenvalue weighted by Crippen LogP contribution is 2.22. The zero-order valence-electron chi connectivity index (χ0n) is 11.8. The lowest BCUT2D eigenvalue weighted by Crippen LogP contribution is -2.31. The molecule has 4 nitrogen and oxygen atoms in total. The van der Waals surface area contributed by atoms with Crippen molar-refractivity contribution in [3.05, 3.63) is 53.6 Å². The van der Waals surface area contributed by atoms with Gasteiger partial charge in [0.05, 0.1) is 17.8 Å². The van der Waals surface area contributed by atoms with Crippen molar-refractivity contribution in [3.63, 3.8) is 0 Å². The molecule has 2 aromatic rings. The van der Waals surface area contributed by atoms with Gasteiger partial charge in [-0.15, -0.1) is 0 Å². The van der Waals surface area contributed by atoms with Crippen molar-refractivity contribution in [1.29, 1.82) is 0 Å². The molecule has 0 aliphatic carbocycles. The molecule has 1 aromatic carbocycles. The van der Waals surface area contributed by atoms with Gasteiger partial charge < -0.3 is 5.32 Å². The Balaban J connectivity index is 2.17. The summed E-state index contributed by atoms with van der Waals surface area (Å²) in [7, 11) is 1.76. The van der Waals surface area contributed by atoms with Gasteiger partial charge in [-0.25, -0.2) is 4.39 Å². The molecule has 0 saturated carbocycles. The number of amides is 1. The molecular weight excluding hydrogens is 257 g/mol. The third-order valence-corrected chi connectivity index (χ3v) is 3.15. The van der Waals surface area contributed by atoms with E-state index in [9.17, 15) is 9.18 Å². The molecule has 1 N–H and O–H groups in total. The van der Waals surface area contributed by atoms with Crippen LogP contribution in [0.5, 0.6) is 0 Å². The van der Waals surface area contributed by atoms with Crippen LogP contribution in [0.15, 0.2) is 36.7 Å². The molecule has 0 aliphatic heterocycles. The Labute approximate surface area is 117 Å². The monoisotopic (exact) mass is 275 g/mol. The summed E-state index contributed by atoms with van der Waals surface area (Å²) in [5.41, 5.74) is 1.40. The lowest BCUT2D eigenvalue weighted by Gasteiger charge is -2.22. The van der Waals surface area contributed by atoms with E-state index in [4.69, 9.17) is 0 Å². The molecule has 20 heavy (non-hydrogen) atoms. The zero-order valence-corrected chi connectivity index (χ0v) is 11.8. The molecule has 0 radical (unpaired) electrons. The van der Waals surface area contributed by atoms with Gasteiger partial charge >= 0.3 is 0 Å². The number of halogens is 1. The maximum Gasteiger partial charge on any atom is 0.254 e. The van der Waals surface area contributed by atoms with Crippen LogP contribution in [0.1, 0.15) is 35.8 Å². The van der Waals surface area contributed by atoms with Crippen LogP contribution in [0, 0.1) is 11.7 Å². The quantitative estimate of drug-likeness (QED) is 0.932. The van der Waals surface area contributed by atoms with Crippen LogP contribution >= 0.6 is 0 Å². The van der Waals surface area contributed by atoms with E-state index in [1.165, 1.54) is 18.3 Å². The van der Waals surface area contributed by atoms with Crippen LogP contribution in [0.2, 0.25) is 0 Å². The fourth-order valence-electron chi connectivity index (χ4n) is 2.07. The summed E-state index contributed by atoms with van der Waals surface area (Å²) in [5, 5.41) is 6.95. The predicted octanol–water partition coefficient (Wildman–Crippen LogP) is 2.69. The minimum absolute atomic E-state index is 0.164. The molecular formula is C15H18FN3O. The average molecular weight is 275 g/mol. The minimum Gasteiger partial charge on any atom is -0.345 e. The smallest absolute Gasteiger partial charge is 0.254 e. The first-order valence-corrected chi connectivity index (χ1v) is 6.52. The second-order valence-electron chi connectivity index (χ2n) is 5.15. The molecule has 0 saturated heterocycles. The molecule has 0 bridgehead atoms. The fraction of sp³-hybridized carbons (Fsp3) is 0.333. The highest BCUT2D eigenvalue weighted by molar-refractivity contribution is 5.93. The van der Waals surface area contributed by atoms with E-state index in [1.807, 2.05) is 13.8 Å². The van der Waals surface area contributed by atoms with E-state index in [0.29, 0.717) is 5.56 Å². The standard InChI is InChI=1S/C15H18FN3O/c1-10(2)14(11-4-6-13(16)7-5-11)18-15(20)12-8-17-19(3)9-12/h4-10,14H,1-3H3,(H,18,20). The number of carbonyl (C=O) groups is 1. The van der Waals surface area contributed by atoms with Gasteiger partial charge in [-0.05, 0) is 23.6 Å². The summed E-state index contributed by atoms with van der Waals surface area (Å²) in [4.78, 5) is 12.2. The van der Waals surface area contributed by atoms with Crippen molar-refractivity contribution in [3.8, 4) is 0 Å². The molecule has 5 heteroatoms. The highest BCUT2D eigenvalue weighted by atomic mass is 19.1. The Kier molecular flexibility index (Phi) is 4.17. The largest absolute Gasteiger partial charge is 0.345 e. The Morgan fingerprint density at radius 1 is 1.30 bits per heavy atom. The number of carbonyl (C=O) groups excluding carboxylic acids is 1. The van der Waals surface area contributed by atoms with Crippen molar-refractivity contribution in [2.24, 2.45) is 13.0 Å². The number of hydrogen-bond acceptors (Lipinski definition) is 2. The average Bonchev–Trinajstić information content (AvgIpc) is 2.83. The van der Waals surface area contributed by atoms with Crippen LogP contribution in [0.25, 0.3) is 0 Å². The Morgan fingerprint density at radius 3 is 2.45 bits per heavy atom. The highest BCUT2D eigenvalue weighted by Gasteiger charge is 2.19. The first-order valence-electron chi connectivity index (χ1n) is 6.52. The topological polar surface area (TPSA) is 46.9 Å². The predicted molar refractivity (Wildman–Crippen MR) is 74.7 cm³/mol. The van der Waals surface area contributed by atoms with Crippen LogP contribution in [0.4, 0.5) is 4.39 Å². The van der Waals surface area contributed by atoms with Gasteiger partial charge in [0.1, 0.15) is 5.82 Å². The Morgan fingerprint density at radius 2 is 1.95 bits per heavy atom.